The van der Waals surface area contributed by atoms with Crippen molar-refractivity contribution in [3.8, 4) is 0 Å². The van der Waals surface area contributed by atoms with Crippen LogP contribution >= 0.6 is 11.6 Å². The molecule has 2 nitrogen and oxygen atoms in total. The number of halogens is 2. The van der Waals surface area contributed by atoms with Crippen LogP contribution in [0.25, 0.3) is 0 Å². The van der Waals surface area contributed by atoms with Gasteiger partial charge >= 0.3 is 0 Å². The SMILES string of the molecule is NC(Cc1cc(Cl)ccc1F)c1cccnc1. The van der Waals surface area contributed by atoms with E-state index in [0.29, 0.717) is 17.0 Å². The van der Waals surface area contributed by atoms with Crippen LogP contribution in [0.5, 0.6) is 0 Å². The highest BCUT2D eigenvalue weighted by atomic mass is 35.5. The summed E-state index contributed by atoms with van der Waals surface area (Å²) >= 11 is 5.83. The van der Waals surface area contributed by atoms with E-state index in [1.807, 2.05) is 12.1 Å². The van der Waals surface area contributed by atoms with Gasteiger partial charge < -0.3 is 5.73 Å². The minimum atomic E-state index is -0.284. The Kier molecular flexibility index (Phi) is 3.71. The van der Waals surface area contributed by atoms with Crippen molar-refractivity contribution in [2.45, 2.75) is 12.5 Å². The average molecular weight is 251 g/mol. The number of nitrogens with two attached hydrogens (primary N) is 1. The fourth-order valence-corrected chi connectivity index (χ4v) is 1.84. The largest absolute Gasteiger partial charge is 0.324 e. The van der Waals surface area contributed by atoms with Gasteiger partial charge in [0.15, 0.2) is 0 Å². The molecule has 0 spiro atoms. The number of benzene rings is 1. The lowest BCUT2D eigenvalue weighted by Gasteiger charge is -2.12. The molecule has 0 saturated carbocycles. The van der Waals surface area contributed by atoms with Crippen LogP contribution in [-0.2, 0) is 6.42 Å². The number of pyridine rings is 1. The van der Waals surface area contributed by atoms with Gasteiger partial charge in [-0.2, -0.15) is 0 Å². The molecule has 0 aliphatic carbocycles. The Labute approximate surface area is 104 Å². The van der Waals surface area contributed by atoms with Crippen LogP contribution in [0.15, 0.2) is 42.7 Å². The quantitative estimate of drug-likeness (QED) is 0.909. The van der Waals surface area contributed by atoms with Gasteiger partial charge in [-0.05, 0) is 41.8 Å². The molecule has 0 aliphatic rings. The van der Waals surface area contributed by atoms with Gasteiger partial charge in [-0.3, -0.25) is 4.98 Å². The normalized spacial score (nSPS) is 12.4. The molecule has 0 aliphatic heterocycles. The van der Waals surface area contributed by atoms with Crippen molar-refractivity contribution in [2.24, 2.45) is 5.73 Å². The summed E-state index contributed by atoms with van der Waals surface area (Å²) in [5.41, 5.74) is 7.40. The Morgan fingerprint density at radius 1 is 1.35 bits per heavy atom. The van der Waals surface area contributed by atoms with E-state index in [-0.39, 0.29) is 11.9 Å². The predicted octanol–water partition coefficient (Wildman–Crippen LogP) is 3.12. The van der Waals surface area contributed by atoms with Gasteiger partial charge in [-0.25, -0.2) is 4.39 Å². The van der Waals surface area contributed by atoms with Gasteiger partial charge in [0.05, 0.1) is 0 Å². The lowest BCUT2D eigenvalue weighted by molar-refractivity contribution is 0.593. The van der Waals surface area contributed by atoms with E-state index in [1.54, 1.807) is 18.5 Å². The van der Waals surface area contributed by atoms with Crippen LogP contribution in [0.4, 0.5) is 4.39 Å². The summed E-state index contributed by atoms with van der Waals surface area (Å²) in [7, 11) is 0. The van der Waals surface area contributed by atoms with E-state index in [9.17, 15) is 4.39 Å². The lowest BCUT2D eigenvalue weighted by Crippen LogP contribution is -2.14. The van der Waals surface area contributed by atoms with Crippen LogP contribution in [0, 0.1) is 5.82 Å². The summed E-state index contributed by atoms with van der Waals surface area (Å²) in [5, 5.41) is 0.514. The van der Waals surface area contributed by atoms with Gasteiger partial charge in [0.2, 0.25) is 0 Å². The monoisotopic (exact) mass is 250 g/mol. The van der Waals surface area contributed by atoms with Crippen LogP contribution < -0.4 is 5.73 Å². The molecular weight excluding hydrogens is 239 g/mol. The molecule has 1 atom stereocenters. The molecule has 88 valence electrons. The van der Waals surface area contributed by atoms with Crippen LogP contribution in [0.3, 0.4) is 0 Å². The van der Waals surface area contributed by atoms with E-state index < -0.39 is 0 Å². The van der Waals surface area contributed by atoms with Crippen LogP contribution in [0.2, 0.25) is 5.02 Å². The molecule has 2 aromatic rings. The Hall–Kier alpha value is -1.45. The van der Waals surface area contributed by atoms with Crippen molar-refractivity contribution in [3.05, 3.63) is 64.7 Å². The zero-order valence-electron chi connectivity index (χ0n) is 9.11. The zero-order valence-corrected chi connectivity index (χ0v) is 9.86. The Bertz CT molecular complexity index is 502. The molecule has 0 bridgehead atoms. The zero-order chi connectivity index (χ0) is 12.3. The minimum Gasteiger partial charge on any atom is -0.324 e. The third kappa shape index (κ3) is 3.02. The maximum absolute atomic E-state index is 13.5. The van der Waals surface area contributed by atoms with Crippen LogP contribution in [0.1, 0.15) is 17.2 Å². The molecule has 2 rings (SSSR count). The highest BCUT2D eigenvalue weighted by Crippen LogP contribution is 2.20. The molecule has 0 radical (unpaired) electrons. The first-order valence-electron chi connectivity index (χ1n) is 5.26. The first-order valence-corrected chi connectivity index (χ1v) is 5.64. The van der Waals surface area contributed by atoms with E-state index in [4.69, 9.17) is 17.3 Å². The third-order valence-electron chi connectivity index (χ3n) is 2.56. The summed E-state index contributed by atoms with van der Waals surface area (Å²) < 4.78 is 13.5. The lowest BCUT2D eigenvalue weighted by atomic mass is 10.0. The average Bonchev–Trinajstić information content (AvgIpc) is 2.35. The molecule has 2 N–H and O–H groups in total. The van der Waals surface area contributed by atoms with Crippen molar-refractivity contribution in [1.29, 1.82) is 0 Å². The first kappa shape index (κ1) is 12.0. The van der Waals surface area contributed by atoms with E-state index >= 15 is 0 Å². The fraction of sp³-hybridized carbons (Fsp3) is 0.154. The third-order valence-corrected chi connectivity index (χ3v) is 2.80. The summed E-state index contributed by atoms with van der Waals surface area (Å²) in [5.74, 6) is -0.284. The molecule has 0 amide bonds. The standard InChI is InChI=1S/C13H12ClFN2/c14-11-3-4-12(15)10(6-11)7-13(16)9-2-1-5-17-8-9/h1-6,8,13H,7,16H2. The molecular formula is C13H12ClFN2. The molecule has 1 unspecified atom stereocenters. The van der Waals surface area contributed by atoms with Gasteiger partial charge in [-0.1, -0.05) is 17.7 Å². The van der Waals surface area contributed by atoms with Gasteiger partial charge in [0.25, 0.3) is 0 Å². The second-order valence-electron chi connectivity index (χ2n) is 3.83. The fourth-order valence-electron chi connectivity index (χ4n) is 1.65. The summed E-state index contributed by atoms with van der Waals surface area (Å²) in [6.07, 6.45) is 3.77. The van der Waals surface area contributed by atoms with Gasteiger partial charge in [-0.15, -0.1) is 0 Å². The highest BCUT2D eigenvalue weighted by molar-refractivity contribution is 6.30. The van der Waals surface area contributed by atoms with E-state index in [2.05, 4.69) is 4.98 Å². The highest BCUT2D eigenvalue weighted by Gasteiger charge is 2.10. The van der Waals surface area contributed by atoms with E-state index in [0.717, 1.165) is 5.56 Å². The van der Waals surface area contributed by atoms with Crippen LogP contribution in [-0.4, -0.2) is 4.98 Å². The van der Waals surface area contributed by atoms with Crippen molar-refractivity contribution in [2.75, 3.05) is 0 Å². The summed E-state index contributed by atoms with van der Waals surface area (Å²) in [6.45, 7) is 0. The minimum absolute atomic E-state index is 0.281. The van der Waals surface area contributed by atoms with Crippen molar-refractivity contribution in [1.82, 2.24) is 4.98 Å². The summed E-state index contributed by atoms with van der Waals surface area (Å²) in [4.78, 5) is 3.99. The second kappa shape index (κ2) is 5.25. The second-order valence-corrected chi connectivity index (χ2v) is 4.27. The number of aromatic nitrogens is 1. The number of nitrogens with zero attached hydrogens (tertiary/aromatic N) is 1. The summed E-state index contributed by atoms with van der Waals surface area (Å²) in [6, 6.07) is 7.89. The smallest absolute Gasteiger partial charge is 0.126 e. The maximum Gasteiger partial charge on any atom is 0.126 e. The molecule has 0 saturated heterocycles. The molecule has 4 heteroatoms. The Morgan fingerprint density at radius 3 is 2.88 bits per heavy atom. The number of hydrogen-bond donors (Lipinski definition) is 1. The first-order chi connectivity index (χ1) is 8.16. The van der Waals surface area contributed by atoms with Gasteiger partial charge in [0, 0.05) is 23.5 Å². The maximum atomic E-state index is 13.5. The number of hydrogen-bond acceptors (Lipinski definition) is 2. The molecule has 1 aromatic carbocycles. The molecule has 0 fully saturated rings. The number of rotatable bonds is 3. The van der Waals surface area contributed by atoms with Gasteiger partial charge in [0.1, 0.15) is 5.82 Å². The van der Waals surface area contributed by atoms with E-state index in [1.165, 1.54) is 12.1 Å². The Balaban J connectivity index is 2.18. The Morgan fingerprint density at radius 2 is 2.18 bits per heavy atom. The topological polar surface area (TPSA) is 38.9 Å². The van der Waals surface area contributed by atoms with Crippen molar-refractivity contribution in [3.63, 3.8) is 0 Å². The van der Waals surface area contributed by atoms with Crippen molar-refractivity contribution >= 4 is 11.6 Å². The predicted molar refractivity (Wildman–Crippen MR) is 66.3 cm³/mol. The molecule has 17 heavy (non-hydrogen) atoms. The van der Waals surface area contributed by atoms with Crippen molar-refractivity contribution < 1.29 is 4.39 Å². The molecule has 1 aromatic heterocycles. The molecule has 1 heterocycles.